The molecule has 5 N–H and O–H groups in total. The Balaban J connectivity index is 2.05. The van der Waals surface area contributed by atoms with Gasteiger partial charge >= 0.3 is 0 Å². The first kappa shape index (κ1) is 24.8. The second-order valence-electron chi connectivity index (χ2n) is 7.54. The molecular weight excluding hydrogens is 454 g/mol. The summed E-state index contributed by atoms with van der Waals surface area (Å²) in [4.78, 5) is 33.7. The molecule has 0 spiro atoms. The van der Waals surface area contributed by atoms with Crippen molar-refractivity contribution in [1.29, 1.82) is 5.41 Å². The zero-order valence-corrected chi connectivity index (χ0v) is 20.0. The zero-order chi connectivity index (χ0) is 24.8. The molecule has 0 aromatic carbocycles. The summed E-state index contributed by atoms with van der Waals surface area (Å²) in [7, 11) is 3.47. The number of hydrogen-bond acceptors (Lipinski definition) is 7. The summed E-state index contributed by atoms with van der Waals surface area (Å²) in [6, 6.07) is 6.02. The van der Waals surface area contributed by atoms with Crippen molar-refractivity contribution in [2.24, 2.45) is 0 Å². The SMILES string of the molecule is CN/C(C)=C1\C(=N)C=CC=C1c1cc(NC(=O)c2ccc(Cl)cn2)nc(NC(=O)C(C)NC)c1. The molecule has 1 atom stereocenters. The van der Waals surface area contributed by atoms with Crippen LogP contribution in [0.3, 0.4) is 0 Å². The molecule has 1 aliphatic rings. The minimum absolute atomic E-state index is 0.166. The molecule has 10 heteroatoms. The lowest BCUT2D eigenvalue weighted by Gasteiger charge is -2.20. The normalized spacial score (nSPS) is 15.3. The molecule has 0 bridgehead atoms. The summed E-state index contributed by atoms with van der Waals surface area (Å²) >= 11 is 5.86. The van der Waals surface area contributed by atoms with Gasteiger partial charge in [0.25, 0.3) is 5.91 Å². The van der Waals surface area contributed by atoms with Gasteiger partial charge in [-0.1, -0.05) is 23.8 Å². The Bertz CT molecular complexity index is 1220. The summed E-state index contributed by atoms with van der Waals surface area (Å²) < 4.78 is 0. The molecule has 0 radical (unpaired) electrons. The van der Waals surface area contributed by atoms with Gasteiger partial charge in [-0.25, -0.2) is 9.97 Å². The molecule has 0 fully saturated rings. The van der Waals surface area contributed by atoms with Gasteiger partial charge < -0.3 is 26.7 Å². The lowest BCUT2D eigenvalue weighted by atomic mass is 9.89. The van der Waals surface area contributed by atoms with Crippen molar-refractivity contribution < 1.29 is 9.59 Å². The van der Waals surface area contributed by atoms with Gasteiger partial charge in [0, 0.05) is 24.5 Å². The van der Waals surface area contributed by atoms with Crippen molar-refractivity contribution in [3.05, 3.63) is 76.2 Å². The van der Waals surface area contributed by atoms with Crippen molar-refractivity contribution in [3.8, 4) is 0 Å². The van der Waals surface area contributed by atoms with Crippen LogP contribution in [0, 0.1) is 5.41 Å². The largest absolute Gasteiger partial charge is 0.391 e. The Kier molecular flexibility index (Phi) is 7.93. The van der Waals surface area contributed by atoms with Crippen LogP contribution in [0.5, 0.6) is 0 Å². The third kappa shape index (κ3) is 5.75. The van der Waals surface area contributed by atoms with E-state index in [-0.39, 0.29) is 23.2 Å². The monoisotopic (exact) mass is 479 g/mol. The van der Waals surface area contributed by atoms with Crippen LogP contribution in [-0.4, -0.2) is 47.6 Å². The summed E-state index contributed by atoms with van der Waals surface area (Å²) in [6.45, 7) is 3.60. The van der Waals surface area contributed by atoms with Crippen LogP contribution >= 0.6 is 11.6 Å². The van der Waals surface area contributed by atoms with E-state index in [1.54, 1.807) is 51.4 Å². The molecule has 0 saturated heterocycles. The lowest BCUT2D eigenvalue weighted by Crippen LogP contribution is -2.35. The maximum absolute atomic E-state index is 12.7. The second kappa shape index (κ2) is 10.9. The number of aromatic nitrogens is 2. The van der Waals surface area contributed by atoms with E-state index < -0.39 is 11.9 Å². The molecular formula is C24H26ClN7O2. The molecule has 2 amide bonds. The minimum Gasteiger partial charge on any atom is -0.391 e. The van der Waals surface area contributed by atoms with E-state index in [1.807, 2.05) is 13.0 Å². The maximum atomic E-state index is 12.7. The molecule has 9 nitrogen and oxygen atoms in total. The number of hydrogen-bond donors (Lipinski definition) is 5. The van der Waals surface area contributed by atoms with E-state index in [4.69, 9.17) is 17.0 Å². The van der Waals surface area contributed by atoms with Crippen LogP contribution in [0.25, 0.3) is 5.57 Å². The smallest absolute Gasteiger partial charge is 0.275 e. The molecule has 3 rings (SSSR count). The molecule has 1 aliphatic carbocycles. The Labute approximate surface area is 202 Å². The fourth-order valence-electron chi connectivity index (χ4n) is 3.19. The second-order valence-corrected chi connectivity index (χ2v) is 7.98. The van der Waals surface area contributed by atoms with Crippen LogP contribution < -0.4 is 21.3 Å². The third-order valence-corrected chi connectivity index (χ3v) is 5.45. The number of rotatable bonds is 7. The molecule has 2 aromatic rings. The molecule has 0 aliphatic heterocycles. The van der Waals surface area contributed by atoms with Crippen LogP contribution in [0.2, 0.25) is 5.02 Å². The first-order valence-electron chi connectivity index (χ1n) is 10.5. The van der Waals surface area contributed by atoms with Crippen molar-refractivity contribution in [3.63, 3.8) is 0 Å². The quantitative estimate of drug-likeness (QED) is 0.413. The highest BCUT2D eigenvalue weighted by molar-refractivity contribution is 6.30. The van der Waals surface area contributed by atoms with E-state index in [0.29, 0.717) is 21.9 Å². The third-order valence-electron chi connectivity index (χ3n) is 5.23. The molecule has 34 heavy (non-hydrogen) atoms. The number of carbonyl (C=O) groups excluding carboxylic acids is 2. The van der Waals surface area contributed by atoms with Crippen LogP contribution in [0.1, 0.15) is 29.9 Å². The predicted molar refractivity (Wildman–Crippen MR) is 135 cm³/mol. The highest BCUT2D eigenvalue weighted by Gasteiger charge is 2.20. The van der Waals surface area contributed by atoms with Crippen molar-refractivity contribution >= 4 is 46.3 Å². The fraction of sp³-hybridized carbons (Fsp3) is 0.208. The molecule has 2 aromatic heterocycles. The highest BCUT2D eigenvalue weighted by Crippen LogP contribution is 2.32. The molecule has 2 heterocycles. The average molecular weight is 480 g/mol. The zero-order valence-electron chi connectivity index (χ0n) is 19.3. The first-order valence-corrected chi connectivity index (χ1v) is 10.9. The van der Waals surface area contributed by atoms with Crippen LogP contribution in [-0.2, 0) is 4.79 Å². The number of likely N-dealkylation sites (N-methyl/N-ethyl adjacent to an activating group) is 1. The Morgan fingerprint density at radius 1 is 1.12 bits per heavy atom. The van der Waals surface area contributed by atoms with Crippen LogP contribution in [0.15, 0.2) is 60.0 Å². The topological polar surface area (TPSA) is 132 Å². The molecule has 0 saturated carbocycles. The van der Waals surface area contributed by atoms with Gasteiger partial charge in [0.05, 0.1) is 16.8 Å². The van der Waals surface area contributed by atoms with Crippen LogP contribution in [0.4, 0.5) is 11.6 Å². The van der Waals surface area contributed by atoms with E-state index in [1.165, 1.54) is 12.3 Å². The number of allylic oxidation sites excluding steroid dienone is 6. The van der Waals surface area contributed by atoms with Crippen molar-refractivity contribution in [2.45, 2.75) is 19.9 Å². The first-order chi connectivity index (χ1) is 16.2. The van der Waals surface area contributed by atoms with Gasteiger partial charge in [0.15, 0.2) is 0 Å². The van der Waals surface area contributed by atoms with E-state index in [9.17, 15) is 9.59 Å². The highest BCUT2D eigenvalue weighted by atomic mass is 35.5. The average Bonchev–Trinajstić information content (AvgIpc) is 2.83. The molecule has 1 unspecified atom stereocenters. The van der Waals surface area contributed by atoms with Gasteiger partial charge in [0.2, 0.25) is 5.91 Å². The predicted octanol–water partition coefficient (Wildman–Crippen LogP) is 3.40. The number of pyridine rings is 2. The minimum atomic E-state index is -0.477. The van der Waals surface area contributed by atoms with Crippen molar-refractivity contribution in [1.82, 2.24) is 20.6 Å². The Morgan fingerprint density at radius 2 is 1.82 bits per heavy atom. The summed E-state index contributed by atoms with van der Waals surface area (Å²) in [5.74, 6) is -0.284. The Morgan fingerprint density at radius 3 is 2.44 bits per heavy atom. The number of carbonyl (C=O) groups is 2. The number of anilines is 2. The summed E-state index contributed by atoms with van der Waals surface area (Å²) in [6.07, 6.45) is 6.74. The number of nitrogens with one attached hydrogen (secondary N) is 5. The van der Waals surface area contributed by atoms with Gasteiger partial charge in [-0.15, -0.1) is 0 Å². The summed E-state index contributed by atoms with van der Waals surface area (Å²) in [5, 5.41) is 20.3. The van der Waals surface area contributed by atoms with Gasteiger partial charge in [-0.3, -0.25) is 9.59 Å². The fourth-order valence-corrected chi connectivity index (χ4v) is 3.30. The van der Waals surface area contributed by atoms with Gasteiger partial charge in [-0.05, 0) is 62.4 Å². The van der Waals surface area contributed by atoms with Gasteiger partial charge in [-0.2, -0.15) is 0 Å². The standard InChI is InChI=1S/C24H26ClN7O2/c1-13(27-3)22-17(6-5-7-18(22)26)15-10-20(31-23(33)14(2)28-4)30-21(11-15)32-24(34)19-9-8-16(25)12-29-19/h5-12,14,26-28H,1-4H3,(H2,30,31,32,33,34)/b22-13-,26-18?. The van der Waals surface area contributed by atoms with Crippen molar-refractivity contribution in [2.75, 3.05) is 24.7 Å². The lowest BCUT2D eigenvalue weighted by molar-refractivity contribution is -0.117. The van der Waals surface area contributed by atoms with E-state index in [2.05, 4.69) is 31.2 Å². The summed E-state index contributed by atoms with van der Waals surface area (Å²) in [5.41, 5.74) is 3.43. The van der Waals surface area contributed by atoms with E-state index >= 15 is 0 Å². The molecule has 176 valence electrons. The number of halogens is 1. The number of amides is 2. The number of nitrogens with zero attached hydrogens (tertiary/aromatic N) is 2. The van der Waals surface area contributed by atoms with E-state index in [0.717, 1.165) is 11.3 Å². The Hall–Kier alpha value is -3.82. The maximum Gasteiger partial charge on any atom is 0.275 e. The van der Waals surface area contributed by atoms with Gasteiger partial charge in [0.1, 0.15) is 17.3 Å².